The quantitative estimate of drug-likeness (QED) is 0.827. The van der Waals surface area contributed by atoms with Crippen molar-refractivity contribution in [2.45, 2.75) is 17.4 Å². The smallest absolute Gasteiger partial charge is 0.409 e. The maximum atomic E-state index is 12.2. The van der Waals surface area contributed by atoms with Crippen LogP contribution >= 0.6 is 23.2 Å². The van der Waals surface area contributed by atoms with E-state index < -0.39 is 22.5 Å². The molecule has 1 aromatic carbocycles. The number of amides is 2. The van der Waals surface area contributed by atoms with Crippen LogP contribution in [0.3, 0.4) is 0 Å². The van der Waals surface area contributed by atoms with Gasteiger partial charge in [0, 0.05) is 5.56 Å². The van der Waals surface area contributed by atoms with Crippen LogP contribution < -0.4 is 10.6 Å². The van der Waals surface area contributed by atoms with E-state index in [1.807, 2.05) is 6.07 Å². The predicted octanol–water partition coefficient (Wildman–Crippen LogP) is 1.81. The van der Waals surface area contributed by atoms with Gasteiger partial charge in [0.25, 0.3) is 5.91 Å². The molecule has 1 aliphatic heterocycles. The first-order chi connectivity index (χ1) is 9.99. The molecule has 8 heteroatoms. The van der Waals surface area contributed by atoms with Crippen molar-refractivity contribution >= 4 is 41.0 Å². The molecule has 0 aromatic heterocycles. The molecule has 1 unspecified atom stereocenters. The molecule has 6 nitrogen and oxygen atoms in total. The van der Waals surface area contributed by atoms with Crippen LogP contribution in [0.5, 0.6) is 0 Å². The van der Waals surface area contributed by atoms with E-state index in [0.29, 0.717) is 5.56 Å². The molecule has 2 rings (SSSR count). The number of carbonyl (C=O) groups is 2. The molecule has 1 atom stereocenters. The largest absolute Gasteiger partial charge is 0.450 e. The summed E-state index contributed by atoms with van der Waals surface area (Å²) in [4.78, 5) is 26.7. The van der Waals surface area contributed by atoms with E-state index in [1.165, 1.54) is 0 Å². The topological polar surface area (TPSA) is 79.8 Å². The molecule has 0 fully saturated rings. The number of ether oxygens (including phenoxy) is 1. The number of carbonyl (C=O) groups excluding carboxylic acids is 2. The van der Waals surface area contributed by atoms with Crippen molar-refractivity contribution in [2.24, 2.45) is 4.99 Å². The lowest BCUT2D eigenvalue weighted by Gasteiger charge is -2.24. The second-order valence-electron chi connectivity index (χ2n) is 4.19. The molecule has 21 heavy (non-hydrogen) atoms. The van der Waals surface area contributed by atoms with Gasteiger partial charge in [-0.15, -0.1) is 0 Å². The molecule has 2 amide bonds. The highest BCUT2D eigenvalue weighted by Gasteiger charge is 2.51. The fraction of sp³-hybridized carbons (Fsp3) is 0.308. The number of aliphatic imine (C=N–C) groups is 1. The van der Waals surface area contributed by atoms with Gasteiger partial charge < -0.3 is 10.1 Å². The van der Waals surface area contributed by atoms with Gasteiger partial charge in [-0.05, 0) is 6.92 Å². The molecule has 1 aliphatic rings. The van der Waals surface area contributed by atoms with Gasteiger partial charge in [-0.1, -0.05) is 53.5 Å². The maximum Gasteiger partial charge on any atom is 0.409 e. The number of amidine groups is 1. The summed E-state index contributed by atoms with van der Waals surface area (Å²) in [5.41, 5.74) is -1.13. The fourth-order valence-corrected chi connectivity index (χ4v) is 2.21. The minimum Gasteiger partial charge on any atom is -0.450 e. The summed E-state index contributed by atoms with van der Waals surface area (Å²) in [6, 6.07) is 8.94. The Labute approximate surface area is 131 Å². The highest BCUT2D eigenvalue weighted by molar-refractivity contribution is 6.47. The molecule has 112 valence electrons. The summed E-state index contributed by atoms with van der Waals surface area (Å²) in [7, 11) is 0. The maximum absolute atomic E-state index is 12.2. The number of rotatable bonds is 4. The molecule has 0 bridgehead atoms. The van der Waals surface area contributed by atoms with E-state index in [1.54, 1.807) is 31.2 Å². The zero-order valence-corrected chi connectivity index (χ0v) is 12.6. The fourth-order valence-electron chi connectivity index (χ4n) is 1.80. The van der Waals surface area contributed by atoms with Crippen LogP contribution in [0.15, 0.2) is 35.3 Å². The lowest BCUT2D eigenvalue weighted by molar-refractivity contribution is -0.124. The molecule has 0 aliphatic carbocycles. The number of benzene rings is 1. The minimum atomic E-state index is -1.81. The van der Waals surface area contributed by atoms with Crippen molar-refractivity contribution in [3.05, 3.63) is 35.9 Å². The van der Waals surface area contributed by atoms with Crippen LogP contribution in [0, 0.1) is 0 Å². The number of halogens is 2. The summed E-state index contributed by atoms with van der Waals surface area (Å²) >= 11 is 11.7. The van der Waals surface area contributed by atoms with E-state index in [-0.39, 0.29) is 12.4 Å². The van der Waals surface area contributed by atoms with Crippen LogP contribution in [0.1, 0.15) is 12.5 Å². The average molecular weight is 330 g/mol. The minimum absolute atomic E-state index is 0.147. The second kappa shape index (κ2) is 6.32. The third kappa shape index (κ3) is 3.11. The zero-order chi connectivity index (χ0) is 15.5. The number of alkyl halides is 2. The SMILES string of the molecule is CCOC(=O)NC1(C(Cl)Cl)N=C(c2ccccc2)NC1=O. The van der Waals surface area contributed by atoms with Crippen LogP contribution in [-0.4, -0.2) is 34.9 Å². The lowest BCUT2D eigenvalue weighted by atomic mass is 10.2. The van der Waals surface area contributed by atoms with E-state index >= 15 is 0 Å². The summed E-state index contributed by atoms with van der Waals surface area (Å²) in [6.07, 6.45) is -0.822. The van der Waals surface area contributed by atoms with Gasteiger partial charge >= 0.3 is 6.09 Å². The van der Waals surface area contributed by atoms with Gasteiger partial charge in [-0.2, -0.15) is 0 Å². The molecule has 1 heterocycles. The van der Waals surface area contributed by atoms with Gasteiger partial charge in [0.15, 0.2) is 4.84 Å². The Kier molecular flexibility index (Phi) is 4.69. The van der Waals surface area contributed by atoms with Gasteiger partial charge in [-0.25, -0.2) is 9.79 Å². The van der Waals surface area contributed by atoms with Gasteiger partial charge in [0.1, 0.15) is 5.84 Å². The van der Waals surface area contributed by atoms with E-state index in [0.717, 1.165) is 0 Å². The average Bonchev–Trinajstić information content (AvgIpc) is 2.78. The Morgan fingerprint density at radius 2 is 2.10 bits per heavy atom. The normalized spacial score (nSPS) is 21.0. The molecule has 2 N–H and O–H groups in total. The lowest BCUT2D eigenvalue weighted by Crippen LogP contribution is -2.58. The second-order valence-corrected chi connectivity index (χ2v) is 5.29. The standard InChI is InChI=1S/C13H13Cl2N3O3/c1-2-21-12(20)18-13(10(14)15)11(19)16-9(17-13)8-6-4-3-5-7-8/h3-7,10H,2H2,1H3,(H,18,20)(H,16,17,19). The first-order valence-electron chi connectivity index (χ1n) is 6.19. The van der Waals surface area contributed by atoms with E-state index in [2.05, 4.69) is 15.6 Å². The first kappa shape index (κ1) is 15.6. The summed E-state index contributed by atoms with van der Waals surface area (Å²) in [5.74, 6) is -0.340. The monoisotopic (exact) mass is 329 g/mol. The predicted molar refractivity (Wildman–Crippen MR) is 79.5 cm³/mol. The van der Waals surface area contributed by atoms with Crippen molar-refractivity contribution < 1.29 is 14.3 Å². The molecular weight excluding hydrogens is 317 g/mol. The highest BCUT2D eigenvalue weighted by Crippen LogP contribution is 2.27. The number of hydrogen-bond donors (Lipinski definition) is 2. The van der Waals surface area contributed by atoms with Crippen LogP contribution in [0.2, 0.25) is 0 Å². The summed E-state index contributed by atoms with van der Waals surface area (Å²) < 4.78 is 4.75. The highest BCUT2D eigenvalue weighted by atomic mass is 35.5. The Morgan fingerprint density at radius 1 is 1.43 bits per heavy atom. The Bertz CT molecular complexity index is 577. The number of hydrogen-bond acceptors (Lipinski definition) is 4. The van der Waals surface area contributed by atoms with Crippen LogP contribution in [-0.2, 0) is 9.53 Å². The molecular formula is C13H13Cl2N3O3. The zero-order valence-electron chi connectivity index (χ0n) is 11.1. The third-order valence-electron chi connectivity index (χ3n) is 2.80. The third-order valence-corrected chi connectivity index (χ3v) is 3.43. The van der Waals surface area contributed by atoms with Crippen molar-refractivity contribution in [1.82, 2.24) is 10.6 Å². The number of alkyl carbamates (subject to hydrolysis) is 1. The van der Waals surface area contributed by atoms with E-state index in [4.69, 9.17) is 27.9 Å². The Morgan fingerprint density at radius 3 is 2.67 bits per heavy atom. The Hall–Kier alpha value is -1.79. The van der Waals surface area contributed by atoms with Crippen LogP contribution in [0.4, 0.5) is 4.79 Å². The van der Waals surface area contributed by atoms with Crippen molar-refractivity contribution in [2.75, 3.05) is 6.61 Å². The summed E-state index contributed by atoms with van der Waals surface area (Å²) in [5, 5.41) is 4.88. The van der Waals surface area contributed by atoms with E-state index in [9.17, 15) is 9.59 Å². The molecule has 0 saturated carbocycles. The van der Waals surface area contributed by atoms with Crippen LogP contribution in [0.25, 0.3) is 0 Å². The molecule has 0 spiro atoms. The van der Waals surface area contributed by atoms with Gasteiger partial charge in [0.05, 0.1) is 6.61 Å². The first-order valence-corrected chi connectivity index (χ1v) is 7.06. The summed E-state index contributed by atoms with van der Waals surface area (Å²) in [6.45, 7) is 1.78. The number of nitrogens with zero attached hydrogens (tertiary/aromatic N) is 1. The number of nitrogens with one attached hydrogen (secondary N) is 2. The van der Waals surface area contributed by atoms with Crippen molar-refractivity contribution in [1.29, 1.82) is 0 Å². The van der Waals surface area contributed by atoms with Gasteiger partial charge in [-0.3, -0.25) is 10.1 Å². The molecule has 0 saturated heterocycles. The van der Waals surface area contributed by atoms with Gasteiger partial charge in [0.2, 0.25) is 5.66 Å². The molecule has 0 radical (unpaired) electrons. The van der Waals surface area contributed by atoms with Crippen molar-refractivity contribution in [3.8, 4) is 0 Å². The Balaban J connectivity index is 2.34. The molecule has 1 aromatic rings. The van der Waals surface area contributed by atoms with Crippen molar-refractivity contribution in [3.63, 3.8) is 0 Å².